The quantitative estimate of drug-likeness (QED) is 0.181. The highest BCUT2D eigenvalue weighted by atomic mass is 32.1. The highest BCUT2D eigenvalue weighted by molar-refractivity contribution is 7.22. The predicted octanol–water partition coefficient (Wildman–Crippen LogP) is 3.62. The Morgan fingerprint density at radius 2 is 1.86 bits per heavy atom. The van der Waals surface area contributed by atoms with E-state index in [0.717, 1.165) is 16.0 Å². The second kappa shape index (κ2) is 9.07. The van der Waals surface area contributed by atoms with Crippen molar-refractivity contribution < 1.29 is 28.7 Å². The van der Waals surface area contributed by atoms with E-state index in [-0.39, 0.29) is 16.3 Å². The van der Waals surface area contributed by atoms with Crippen LogP contribution in [0.1, 0.15) is 32.4 Å². The number of benzene rings is 2. The van der Waals surface area contributed by atoms with Crippen molar-refractivity contribution in [3.63, 3.8) is 0 Å². The first-order valence-corrected chi connectivity index (χ1v) is 11.3. The third-order valence-corrected chi connectivity index (χ3v) is 6.53. The SMILES string of the molecule is COc1ccc2nc(NC(=O)C(=O)C(C(=O)c3ccncc3)C3OC(=O)c4ccccc43)sc2c1. The monoisotopic (exact) mass is 487 g/mol. The molecule has 3 heterocycles. The number of pyridine rings is 1. The molecule has 0 aliphatic carbocycles. The lowest BCUT2D eigenvalue weighted by Crippen LogP contribution is -2.38. The van der Waals surface area contributed by atoms with E-state index in [9.17, 15) is 19.2 Å². The Morgan fingerprint density at radius 1 is 1.09 bits per heavy atom. The highest BCUT2D eigenvalue weighted by Gasteiger charge is 2.46. The second-order valence-electron chi connectivity index (χ2n) is 7.66. The number of anilines is 1. The zero-order chi connectivity index (χ0) is 24.5. The van der Waals surface area contributed by atoms with E-state index < -0.39 is 35.5 Å². The molecule has 0 bridgehead atoms. The molecule has 2 aromatic carbocycles. The van der Waals surface area contributed by atoms with E-state index in [1.807, 2.05) is 0 Å². The van der Waals surface area contributed by atoms with Crippen molar-refractivity contribution >= 4 is 50.1 Å². The molecule has 1 aliphatic heterocycles. The van der Waals surface area contributed by atoms with Gasteiger partial charge in [0.2, 0.25) is 5.78 Å². The molecule has 2 aromatic heterocycles. The van der Waals surface area contributed by atoms with Gasteiger partial charge in [0.15, 0.2) is 10.9 Å². The van der Waals surface area contributed by atoms with Crippen LogP contribution < -0.4 is 10.1 Å². The summed E-state index contributed by atoms with van der Waals surface area (Å²) in [5.41, 5.74) is 1.40. The Morgan fingerprint density at radius 3 is 2.63 bits per heavy atom. The summed E-state index contributed by atoms with van der Waals surface area (Å²) in [5, 5.41) is 2.67. The molecule has 1 aliphatic rings. The molecule has 10 heteroatoms. The average molecular weight is 487 g/mol. The van der Waals surface area contributed by atoms with Crippen molar-refractivity contribution in [2.45, 2.75) is 6.10 Å². The fourth-order valence-corrected chi connectivity index (χ4v) is 4.79. The van der Waals surface area contributed by atoms with E-state index in [4.69, 9.17) is 9.47 Å². The number of nitrogens with zero attached hydrogens (tertiary/aromatic N) is 2. The van der Waals surface area contributed by atoms with Crippen molar-refractivity contribution in [3.05, 3.63) is 83.7 Å². The second-order valence-corrected chi connectivity index (χ2v) is 8.69. The van der Waals surface area contributed by atoms with Crippen molar-refractivity contribution in [1.29, 1.82) is 0 Å². The maximum Gasteiger partial charge on any atom is 0.339 e. The Hall–Kier alpha value is -4.44. The number of ether oxygens (including phenoxy) is 2. The molecule has 174 valence electrons. The van der Waals surface area contributed by atoms with Gasteiger partial charge in [-0.15, -0.1) is 0 Å². The fraction of sp³-hybridized carbons (Fsp3) is 0.120. The molecule has 9 nitrogen and oxygen atoms in total. The summed E-state index contributed by atoms with van der Waals surface area (Å²) in [6.07, 6.45) is 1.56. The van der Waals surface area contributed by atoms with Crippen LogP contribution in [0.2, 0.25) is 0 Å². The first kappa shape index (κ1) is 22.4. The van der Waals surface area contributed by atoms with Gasteiger partial charge in [-0.05, 0) is 36.4 Å². The predicted molar refractivity (Wildman–Crippen MR) is 126 cm³/mol. The molecule has 0 saturated heterocycles. The first-order valence-electron chi connectivity index (χ1n) is 10.5. The lowest BCUT2D eigenvalue weighted by atomic mass is 9.85. The van der Waals surface area contributed by atoms with Crippen molar-refractivity contribution in [2.75, 3.05) is 12.4 Å². The van der Waals surface area contributed by atoms with Crippen LogP contribution >= 0.6 is 11.3 Å². The van der Waals surface area contributed by atoms with E-state index in [2.05, 4.69) is 15.3 Å². The number of Topliss-reactive ketones (excluding diaryl/α,β-unsaturated/α-hetero) is 2. The van der Waals surface area contributed by atoms with E-state index >= 15 is 0 Å². The number of nitrogens with one attached hydrogen (secondary N) is 1. The zero-order valence-electron chi connectivity index (χ0n) is 18.3. The molecule has 0 radical (unpaired) electrons. The van der Waals surface area contributed by atoms with Crippen LogP contribution in [-0.4, -0.2) is 40.5 Å². The third-order valence-electron chi connectivity index (χ3n) is 5.59. The van der Waals surface area contributed by atoms with Gasteiger partial charge >= 0.3 is 5.97 Å². The molecule has 2 unspecified atom stereocenters. The minimum Gasteiger partial charge on any atom is -0.497 e. The summed E-state index contributed by atoms with van der Waals surface area (Å²) in [5.74, 6) is -4.36. The van der Waals surface area contributed by atoms with Gasteiger partial charge in [0.25, 0.3) is 5.91 Å². The van der Waals surface area contributed by atoms with Crippen LogP contribution in [0.25, 0.3) is 10.2 Å². The summed E-state index contributed by atoms with van der Waals surface area (Å²) in [6, 6.07) is 14.6. The number of esters is 1. The molecule has 1 amide bonds. The summed E-state index contributed by atoms with van der Waals surface area (Å²) < 4.78 is 11.4. The minimum atomic E-state index is -1.58. The number of carbonyl (C=O) groups is 4. The molecule has 2 atom stereocenters. The minimum absolute atomic E-state index is 0.165. The average Bonchev–Trinajstić information content (AvgIpc) is 3.44. The molecule has 0 spiro atoms. The number of hydrogen-bond acceptors (Lipinski definition) is 9. The van der Waals surface area contributed by atoms with Gasteiger partial charge < -0.3 is 9.47 Å². The van der Waals surface area contributed by atoms with E-state index in [1.54, 1.807) is 42.5 Å². The maximum absolute atomic E-state index is 13.4. The van der Waals surface area contributed by atoms with Gasteiger partial charge in [-0.25, -0.2) is 9.78 Å². The van der Waals surface area contributed by atoms with E-state index in [0.29, 0.717) is 16.8 Å². The number of aromatic nitrogens is 2. The summed E-state index contributed by atoms with van der Waals surface area (Å²) in [7, 11) is 1.54. The van der Waals surface area contributed by atoms with Gasteiger partial charge in [-0.1, -0.05) is 29.5 Å². The largest absolute Gasteiger partial charge is 0.497 e. The van der Waals surface area contributed by atoms with Crippen molar-refractivity contribution in [1.82, 2.24) is 9.97 Å². The number of fused-ring (bicyclic) bond motifs is 2. The number of hydrogen-bond donors (Lipinski definition) is 1. The Kier molecular flexibility index (Phi) is 5.79. The van der Waals surface area contributed by atoms with Gasteiger partial charge in [0.1, 0.15) is 17.8 Å². The number of ketones is 2. The van der Waals surface area contributed by atoms with Crippen molar-refractivity contribution in [3.8, 4) is 5.75 Å². The Labute approximate surface area is 202 Å². The van der Waals surface area contributed by atoms with Crippen LogP contribution in [0.3, 0.4) is 0 Å². The lowest BCUT2D eigenvalue weighted by molar-refractivity contribution is -0.138. The molecule has 5 rings (SSSR count). The number of thiazole rings is 1. The molecule has 4 aromatic rings. The normalized spacial score (nSPS) is 15.2. The van der Waals surface area contributed by atoms with Crippen LogP contribution in [0.4, 0.5) is 5.13 Å². The van der Waals surface area contributed by atoms with Gasteiger partial charge in [-0.2, -0.15) is 0 Å². The molecule has 0 fully saturated rings. The fourth-order valence-electron chi connectivity index (χ4n) is 3.90. The Balaban J connectivity index is 1.48. The number of carbonyl (C=O) groups excluding carboxylic acids is 4. The van der Waals surface area contributed by atoms with Crippen LogP contribution in [0.5, 0.6) is 5.75 Å². The standard InChI is InChI=1S/C25H17N3O6S/c1-33-14-6-7-17-18(12-14)35-25(27-17)28-23(31)21(30)19(20(29)13-8-10-26-11-9-13)22-15-4-2-3-5-16(15)24(32)34-22/h2-12,19,22H,1H3,(H,27,28,31). The van der Waals surface area contributed by atoms with Crippen molar-refractivity contribution in [2.24, 2.45) is 5.92 Å². The van der Waals surface area contributed by atoms with Gasteiger partial charge in [0.05, 0.1) is 22.9 Å². The zero-order valence-corrected chi connectivity index (χ0v) is 19.1. The lowest BCUT2D eigenvalue weighted by Gasteiger charge is -2.20. The van der Waals surface area contributed by atoms with E-state index in [1.165, 1.54) is 31.6 Å². The molecule has 0 saturated carbocycles. The number of methoxy groups -OCH3 is 1. The highest BCUT2D eigenvalue weighted by Crippen LogP contribution is 2.38. The Bertz CT molecular complexity index is 1480. The first-order chi connectivity index (χ1) is 17.0. The number of cyclic esters (lactones) is 1. The van der Waals surface area contributed by atoms with Crippen LogP contribution in [0, 0.1) is 5.92 Å². The van der Waals surface area contributed by atoms with Gasteiger partial charge in [0, 0.05) is 23.5 Å². The summed E-state index contributed by atoms with van der Waals surface area (Å²) in [4.78, 5) is 60.4. The molecule has 1 N–H and O–H groups in total. The molecule has 35 heavy (non-hydrogen) atoms. The number of amides is 1. The molecular formula is C25H17N3O6S. The van der Waals surface area contributed by atoms with Crippen LogP contribution in [-0.2, 0) is 14.3 Å². The number of rotatable bonds is 7. The van der Waals surface area contributed by atoms with Gasteiger partial charge in [-0.3, -0.25) is 24.7 Å². The molecular weight excluding hydrogens is 470 g/mol. The summed E-state index contributed by atoms with van der Waals surface area (Å²) in [6.45, 7) is 0. The maximum atomic E-state index is 13.4. The summed E-state index contributed by atoms with van der Waals surface area (Å²) >= 11 is 1.16. The third kappa shape index (κ3) is 4.15. The topological polar surface area (TPSA) is 125 Å². The van der Waals surface area contributed by atoms with Crippen LogP contribution in [0.15, 0.2) is 67.0 Å². The smallest absolute Gasteiger partial charge is 0.339 e.